The summed E-state index contributed by atoms with van der Waals surface area (Å²) in [7, 11) is 0. The maximum Gasteiger partial charge on any atom is 0.205 e. The molecule has 0 saturated carbocycles. The van der Waals surface area contributed by atoms with E-state index < -0.39 is 0 Å². The summed E-state index contributed by atoms with van der Waals surface area (Å²) in [6.45, 7) is 9.87. The number of hydrazine groups is 1. The van der Waals surface area contributed by atoms with E-state index in [4.69, 9.17) is 10.6 Å². The van der Waals surface area contributed by atoms with Crippen LogP contribution in [0.5, 0.6) is 0 Å². The summed E-state index contributed by atoms with van der Waals surface area (Å²) in [6.07, 6.45) is 4.93. The summed E-state index contributed by atoms with van der Waals surface area (Å²) < 4.78 is 5.28. The van der Waals surface area contributed by atoms with Crippen molar-refractivity contribution in [3.8, 4) is 0 Å². The molecule has 0 aliphatic carbocycles. The van der Waals surface area contributed by atoms with Gasteiger partial charge in [-0.3, -0.25) is 10.4 Å². The van der Waals surface area contributed by atoms with Gasteiger partial charge < -0.3 is 15.0 Å². The molecule has 1 saturated heterocycles. The van der Waals surface area contributed by atoms with Gasteiger partial charge in [0, 0.05) is 32.3 Å². The number of nitrogens with zero attached hydrogens (tertiary/aromatic N) is 2. The monoisotopic (exact) mass is 285 g/mol. The maximum atomic E-state index is 5.51. The molecule has 0 aromatic carbocycles. The Balaban J connectivity index is 2.21. The molecular formula is C14H31N5O. The third-order valence-corrected chi connectivity index (χ3v) is 3.42. The van der Waals surface area contributed by atoms with Crippen molar-refractivity contribution in [1.82, 2.24) is 15.6 Å². The Labute approximate surface area is 123 Å². The number of likely N-dealkylation sites (tertiary alicyclic amines) is 1. The fourth-order valence-corrected chi connectivity index (χ4v) is 2.44. The third-order valence-electron chi connectivity index (χ3n) is 3.42. The summed E-state index contributed by atoms with van der Waals surface area (Å²) in [6, 6.07) is 0.342. The fourth-order valence-electron chi connectivity index (χ4n) is 2.44. The average molecular weight is 285 g/mol. The van der Waals surface area contributed by atoms with Gasteiger partial charge in [0.1, 0.15) is 0 Å². The smallest absolute Gasteiger partial charge is 0.205 e. The van der Waals surface area contributed by atoms with E-state index in [0.29, 0.717) is 12.0 Å². The number of guanidine groups is 1. The van der Waals surface area contributed by atoms with Crippen molar-refractivity contribution in [3.05, 3.63) is 0 Å². The topological polar surface area (TPSA) is 74.9 Å². The van der Waals surface area contributed by atoms with Gasteiger partial charge in [-0.2, -0.15) is 0 Å². The number of hydrogen-bond acceptors (Lipinski definition) is 4. The van der Waals surface area contributed by atoms with Crippen molar-refractivity contribution in [2.75, 3.05) is 39.4 Å². The van der Waals surface area contributed by atoms with Crippen molar-refractivity contribution in [3.63, 3.8) is 0 Å². The number of piperidine rings is 1. The number of ether oxygens (including phenoxy) is 1. The van der Waals surface area contributed by atoms with Gasteiger partial charge in [-0.1, -0.05) is 6.42 Å². The Kier molecular flexibility index (Phi) is 9.36. The zero-order chi connectivity index (χ0) is 14.6. The van der Waals surface area contributed by atoms with Gasteiger partial charge >= 0.3 is 0 Å². The lowest BCUT2D eigenvalue weighted by Crippen LogP contribution is -2.49. The van der Waals surface area contributed by atoms with E-state index in [2.05, 4.69) is 27.6 Å². The van der Waals surface area contributed by atoms with Crippen molar-refractivity contribution in [1.29, 1.82) is 0 Å². The van der Waals surface area contributed by atoms with Gasteiger partial charge in [0.05, 0.1) is 0 Å². The number of nitrogens with two attached hydrogens (primary N) is 1. The molecule has 4 N–H and O–H groups in total. The predicted octanol–water partition coefficient (Wildman–Crippen LogP) is 0.696. The van der Waals surface area contributed by atoms with E-state index in [1.54, 1.807) is 0 Å². The normalized spacial score (nSPS) is 18.9. The van der Waals surface area contributed by atoms with E-state index in [1.807, 2.05) is 6.92 Å². The molecule has 0 amide bonds. The van der Waals surface area contributed by atoms with Gasteiger partial charge in [-0.25, -0.2) is 5.84 Å². The zero-order valence-corrected chi connectivity index (χ0v) is 13.0. The molecule has 1 unspecified atom stereocenters. The minimum absolute atomic E-state index is 0.342. The van der Waals surface area contributed by atoms with Gasteiger partial charge in [0.25, 0.3) is 0 Å². The molecule has 0 aromatic rings. The molecule has 1 atom stereocenters. The summed E-state index contributed by atoms with van der Waals surface area (Å²) in [5.41, 5.74) is 2.64. The van der Waals surface area contributed by atoms with Gasteiger partial charge in [0.15, 0.2) is 0 Å². The molecule has 1 rings (SSSR count). The third kappa shape index (κ3) is 7.67. The first-order chi connectivity index (χ1) is 9.76. The van der Waals surface area contributed by atoms with Crippen molar-refractivity contribution in [2.24, 2.45) is 10.8 Å². The maximum absolute atomic E-state index is 5.51. The molecule has 6 nitrogen and oxygen atoms in total. The quantitative estimate of drug-likeness (QED) is 0.201. The highest BCUT2D eigenvalue weighted by molar-refractivity contribution is 5.79. The lowest BCUT2D eigenvalue weighted by Gasteiger charge is -2.29. The average Bonchev–Trinajstić information content (AvgIpc) is 2.46. The highest BCUT2D eigenvalue weighted by Crippen LogP contribution is 2.08. The molecule has 0 spiro atoms. The summed E-state index contributed by atoms with van der Waals surface area (Å²) in [4.78, 5) is 6.92. The van der Waals surface area contributed by atoms with E-state index >= 15 is 0 Å². The molecule has 20 heavy (non-hydrogen) atoms. The molecule has 118 valence electrons. The van der Waals surface area contributed by atoms with Gasteiger partial charge in [-0.05, 0) is 46.2 Å². The van der Waals surface area contributed by atoms with E-state index in [1.165, 1.54) is 32.4 Å². The van der Waals surface area contributed by atoms with Crippen LogP contribution in [0.15, 0.2) is 4.99 Å². The van der Waals surface area contributed by atoms with E-state index in [0.717, 1.165) is 32.7 Å². The lowest BCUT2D eigenvalue weighted by atomic mass is 10.1. The highest BCUT2D eigenvalue weighted by Gasteiger charge is 2.13. The van der Waals surface area contributed by atoms with Gasteiger partial charge in [0.2, 0.25) is 5.96 Å². The van der Waals surface area contributed by atoms with Crippen LogP contribution in [-0.4, -0.2) is 56.3 Å². The fraction of sp³-hybridized carbons (Fsp3) is 0.929. The molecule has 0 aromatic heterocycles. The molecule has 1 fully saturated rings. The Bertz CT molecular complexity index is 266. The molecule has 0 radical (unpaired) electrons. The van der Waals surface area contributed by atoms with Crippen molar-refractivity contribution >= 4 is 5.96 Å². The van der Waals surface area contributed by atoms with Crippen LogP contribution in [0.2, 0.25) is 0 Å². The van der Waals surface area contributed by atoms with Crippen molar-refractivity contribution < 1.29 is 4.74 Å². The van der Waals surface area contributed by atoms with Crippen LogP contribution in [0.1, 0.15) is 39.5 Å². The molecule has 1 aliphatic heterocycles. The van der Waals surface area contributed by atoms with Gasteiger partial charge in [-0.15, -0.1) is 0 Å². The second-order valence-electron chi connectivity index (χ2n) is 5.33. The summed E-state index contributed by atoms with van der Waals surface area (Å²) in [5, 5.41) is 3.34. The second-order valence-corrected chi connectivity index (χ2v) is 5.33. The Hall–Kier alpha value is -0.850. The first-order valence-electron chi connectivity index (χ1n) is 7.84. The number of hydrogen-bond donors (Lipinski definition) is 3. The first-order valence-corrected chi connectivity index (χ1v) is 7.84. The molecule has 1 aliphatic rings. The first kappa shape index (κ1) is 17.2. The molecule has 1 heterocycles. The van der Waals surface area contributed by atoms with E-state index in [9.17, 15) is 0 Å². The zero-order valence-electron chi connectivity index (χ0n) is 13.0. The Morgan fingerprint density at radius 1 is 1.35 bits per heavy atom. The minimum Gasteiger partial charge on any atom is -0.382 e. The van der Waals surface area contributed by atoms with Crippen LogP contribution in [0.4, 0.5) is 0 Å². The second kappa shape index (κ2) is 10.9. The number of nitrogens with one attached hydrogen (secondary N) is 2. The Morgan fingerprint density at radius 3 is 2.75 bits per heavy atom. The summed E-state index contributed by atoms with van der Waals surface area (Å²) in [5.74, 6) is 6.18. The number of rotatable bonds is 8. The van der Waals surface area contributed by atoms with Crippen molar-refractivity contribution in [2.45, 2.75) is 45.6 Å². The molecule has 6 heteroatoms. The van der Waals surface area contributed by atoms with Crippen LogP contribution in [0.3, 0.4) is 0 Å². The number of aliphatic imine (C=N–C) groups is 1. The van der Waals surface area contributed by atoms with Crippen LogP contribution >= 0.6 is 0 Å². The standard InChI is InChI=1S/C14H31N5O/c1-3-20-11-7-8-16-14(18-15)17-13(2)12-19-9-5-4-6-10-19/h13H,3-12,15H2,1-2H3,(H2,16,17,18). The van der Waals surface area contributed by atoms with Crippen LogP contribution in [-0.2, 0) is 4.74 Å². The van der Waals surface area contributed by atoms with Crippen LogP contribution < -0.4 is 16.6 Å². The molecule has 0 bridgehead atoms. The predicted molar refractivity (Wildman–Crippen MR) is 83.6 cm³/mol. The molecular weight excluding hydrogens is 254 g/mol. The Morgan fingerprint density at radius 2 is 2.10 bits per heavy atom. The van der Waals surface area contributed by atoms with E-state index in [-0.39, 0.29) is 0 Å². The largest absolute Gasteiger partial charge is 0.382 e. The van der Waals surface area contributed by atoms with Crippen LogP contribution in [0.25, 0.3) is 0 Å². The summed E-state index contributed by atoms with van der Waals surface area (Å²) >= 11 is 0. The lowest BCUT2D eigenvalue weighted by molar-refractivity contribution is 0.146. The SMILES string of the molecule is CCOCCCN=C(NN)NC(C)CN1CCCCC1. The minimum atomic E-state index is 0.342. The van der Waals surface area contributed by atoms with Crippen LogP contribution in [0, 0.1) is 0 Å². The highest BCUT2D eigenvalue weighted by atomic mass is 16.5.